The normalized spacial score (nSPS) is 10.6. The number of methoxy groups -OCH3 is 3. The molecule has 2 N–H and O–H groups in total. The molecule has 32 heavy (non-hydrogen) atoms. The number of anilines is 2. The van der Waals surface area contributed by atoms with Crippen molar-refractivity contribution in [1.29, 1.82) is 0 Å². The second kappa shape index (κ2) is 9.87. The molecule has 0 spiro atoms. The molecule has 0 aliphatic heterocycles. The number of hydrogen-bond donors (Lipinski definition) is 2. The lowest BCUT2D eigenvalue weighted by Crippen LogP contribution is -2.09. The molecule has 3 aromatic carbocycles. The van der Waals surface area contributed by atoms with Crippen LogP contribution in [0.1, 0.15) is 11.1 Å². The summed E-state index contributed by atoms with van der Waals surface area (Å²) in [5, 5.41) is 7.71. The van der Waals surface area contributed by atoms with E-state index in [1.54, 1.807) is 21.3 Å². The van der Waals surface area contributed by atoms with E-state index in [4.69, 9.17) is 19.2 Å². The molecule has 1 aromatic heterocycles. The highest BCUT2D eigenvalue weighted by molar-refractivity contribution is 5.90. The van der Waals surface area contributed by atoms with Gasteiger partial charge in [-0.25, -0.2) is 4.98 Å². The second-order valence-electron chi connectivity index (χ2n) is 7.11. The molecule has 0 saturated carbocycles. The van der Waals surface area contributed by atoms with Crippen molar-refractivity contribution in [1.82, 2.24) is 9.97 Å². The van der Waals surface area contributed by atoms with Gasteiger partial charge < -0.3 is 24.8 Å². The zero-order chi connectivity index (χ0) is 22.3. The molecule has 0 saturated heterocycles. The third-order valence-corrected chi connectivity index (χ3v) is 5.17. The van der Waals surface area contributed by atoms with E-state index < -0.39 is 0 Å². The molecule has 0 aliphatic carbocycles. The second-order valence-corrected chi connectivity index (χ2v) is 7.11. The summed E-state index contributed by atoms with van der Waals surface area (Å²) in [7, 11) is 4.95. The van der Waals surface area contributed by atoms with E-state index in [1.807, 2.05) is 66.7 Å². The van der Waals surface area contributed by atoms with Gasteiger partial charge in [-0.2, -0.15) is 4.98 Å². The van der Waals surface area contributed by atoms with Crippen LogP contribution in [-0.2, 0) is 13.1 Å². The molecular weight excluding hydrogens is 404 g/mol. The molecule has 4 rings (SSSR count). The molecule has 0 amide bonds. The number of nitrogens with one attached hydrogen (secondary N) is 2. The van der Waals surface area contributed by atoms with Crippen molar-refractivity contribution in [2.45, 2.75) is 13.1 Å². The van der Waals surface area contributed by atoms with Gasteiger partial charge in [0.1, 0.15) is 23.1 Å². The Bertz CT molecular complexity index is 1210. The van der Waals surface area contributed by atoms with Crippen molar-refractivity contribution in [2.75, 3.05) is 32.0 Å². The lowest BCUT2D eigenvalue weighted by molar-refractivity contribution is 0.391. The van der Waals surface area contributed by atoms with Gasteiger partial charge in [-0.15, -0.1) is 0 Å². The highest BCUT2D eigenvalue weighted by atomic mass is 16.5. The van der Waals surface area contributed by atoms with Gasteiger partial charge in [0.25, 0.3) is 0 Å². The van der Waals surface area contributed by atoms with E-state index in [-0.39, 0.29) is 0 Å². The maximum atomic E-state index is 5.49. The van der Waals surface area contributed by atoms with E-state index in [1.165, 1.54) is 0 Å². The molecular formula is C25H26N4O3. The molecule has 0 fully saturated rings. The summed E-state index contributed by atoms with van der Waals surface area (Å²) >= 11 is 0. The number of hydrogen-bond acceptors (Lipinski definition) is 7. The summed E-state index contributed by atoms with van der Waals surface area (Å²) in [5.74, 6) is 3.61. The smallest absolute Gasteiger partial charge is 0.225 e. The lowest BCUT2D eigenvalue weighted by Gasteiger charge is -2.14. The fourth-order valence-corrected chi connectivity index (χ4v) is 3.49. The Morgan fingerprint density at radius 2 is 1.41 bits per heavy atom. The minimum atomic E-state index is 0.511. The van der Waals surface area contributed by atoms with Crippen molar-refractivity contribution >= 4 is 22.7 Å². The summed E-state index contributed by atoms with van der Waals surface area (Å²) in [6, 6.07) is 21.6. The quantitative estimate of drug-likeness (QED) is 0.392. The SMILES string of the molecule is COc1ccc(CNc2nc(NCc3ccccc3OC)c3ccccc3n2)c(OC)c1. The molecule has 7 heteroatoms. The third-order valence-electron chi connectivity index (χ3n) is 5.17. The van der Waals surface area contributed by atoms with Gasteiger partial charge in [-0.05, 0) is 30.3 Å². The average Bonchev–Trinajstić information content (AvgIpc) is 2.86. The standard InChI is InChI=1S/C25H26N4O3/c1-30-19-13-12-18(23(14-19)32-3)16-27-25-28-21-10-6-5-9-20(21)24(29-25)26-15-17-8-4-7-11-22(17)31-2/h4-14H,15-16H2,1-3H3,(H2,26,27,28,29). The monoisotopic (exact) mass is 430 g/mol. The van der Waals surface area contributed by atoms with Crippen LogP contribution >= 0.6 is 0 Å². The first kappa shape index (κ1) is 21.2. The van der Waals surface area contributed by atoms with Crippen LogP contribution in [0.25, 0.3) is 10.9 Å². The Balaban J connectivity index is 1.58. The van der Waals surface area contributed by atoms with Gasteiger partial charge in [-0.1, -0.05) is 30.3 Å². The molecule has 0 atom stereocenters. The molecule has 0 unspecified atom stereocenters. The third kappa shape index (κ3) is 4.67. The van der Waals surface area contributed by atoms with Gasteiger partial charge in [0.05, 0.1) is 26.8 Å². The van der Waals surface area contributed by atoms with Crippen molar-refractivity contribution in [2.24, 2.45) is 0 Å². The minimum Gasteiger partial charge on any atom is -0.497 e. The molecule has 7 nitrogen and oxygen atoms in total. The van der Waals surface area contributed by atoms with E-state index in [0.717, 1.165) is 45.1 Å². The first-order chi connectivity index (χ1) is 15.7. The topological polar surface area (TPSA) is 77.5 Å². The van der Waals surface area contributed by atoms with Gasteiger partial charge in [0, 0.05) is 35.7 Å². The van der Waals surface area contributed by atoms with E-state index in [2.05, 4.69) is 15.6 Å². The number of para-hydroxylation sites is 2. The zero-order valence-electron chi connectivity index (χ0n) is 18.4. The number of rotatable bonds is 9. The Hall–Kier alpha value is -4.00. The predicted octanol–water partition coefficient (Wildman–Crippen LogP) is 4.88. The number of benzene rings is 3. The first-order valence-electron chi connectivity index (χ1n) is 10.3. The maximum Gasteiger partial charge on any atom is 0.225 e. The average molecular weight is 431 g/mol. The summed E-state index contributed by atoms with van der Waals surface area (Å²) < 4.78 is 16.2. The van der Waals surface area contributed by atoms with Crippen LogP contribution in [0.5, 0.6) is 17.2 Å². The Labute approximate surface area is 187 Å². The first-order valence-corrected chi connectivity index (χ1v) is 10.3. The van der Waals surface area contributed by atoms with Crippen molar-refractivity contribution in [3.8, 4) is 17.2 Å². The van der Waals surface area contributed by atoms with E-state index in [0.29, 0.717) is 19.0 Å². The lowest BCUT2D eigenvalue weighted by atomic mass is 10.2. The van der Waals surface area contributed by atoms with Gasteiger partial charge in [0.15, 0.2) is 0 Å². The zero-order valence-corrected chi connectivity index (χ0v) is 18.4. The van der Waals surface area contributed by atoms with Crippen LogP contribution in [0.3, 0.4) is 0 Å². The van der Waals surface area contributed by atoms with Crippen molar-refractivity contribution in [3.05, 3.63) is 77.9 Å². The number of fused-ring (bicyclic) bond motifs is 1. The Morgan fingerprint density at radius 3 is 2.22 bits per heavy atom. The summed E-state index contributed by atoms with van der Waals surface area (Å²) in [6.45, 7) is 1.09. The predicted molar refractivity (Wildman–Crippen MR) is 127 cm³/mol. The van der Waals surface area contributed by atoms with Crippen LogP contribution in [-0.4, -0.2) is 31.3 Å². The molecule has 1 heterocycles. The molecule has 164 valence electrons. The van der Waals surface area contributed by atoms with Crippen LogP contribution in [0, 0.1) is 0 Å². The van der Waals surface area contributed by atoms with E-state index in [9.17, 15) is 0 Å². The Morgan fingerprint density at radius 1 is 0.688 bits per heavy atom. The molecule has 0 aliphatic rings. The molecule has 0 radical (unpaired) electrons. The van der Waals surface area contributed by atoms with Crippen molar-refractivity contribution in [3.63, 3.8) is 0 Å². The highest BCUT2D eigenvalue weighted by Crippen LogP contribution is 2.27. The largest absolute Gasteiger partial charge is 0.497 e. The fraction of sp³-hybridized carbons (Fsp3) is 0.200. The fourth-order valence-electron chi connectivity index (χ4n) is 3.49. The molecule has 4 aromatic rings. The number of ether oxygens (including phenoxy) is 3. The van der Waals surface area contributed by atoms with Gasteiger partial charge in [0.2, 0.25) is 5.95 Å². The van der Waals surface area contributed by atoms with Crippen LogP contribution in [0.4, 0.5) is 11.8 Å². The van der Waals surface area contributed by atoms with E-state index >= 15 is 0 Å². The Kier molecular flexibility index (Phi) is 6.55. The van der Waals surface area contributed by atoms with Crippen LogP contribution in [0.2, 0.25) is 0 Å². The minimum absolute atomic E-state index is 0.511. The van der Waals surface area contributed by atoms with Crippen LogP contribution < -0.4 is 24.8 Å². The highest BCUT2D eigenvalue weighted by Gasteiger charge is 2.10. The van der Waals surface area contributed by atoms with Crippen molar-refractivity contribution < 1.29 is 14.2 Å². The summed E-state index contributed by atoms with van der Waals surface area (Å²) in [5.41, 5.74) is 2.89. The number of nitrogens with zero attached hydrogens (tertiary/aromatic N) is 2. The molecule has 0 bridgehead atoms. The van der Waals surface area contributed by atoms with Gasteiger partial charge >= 0.3 is 0 Å². The van der Waals surface area contributed by atoms with Gasteiger partial charge in [-0.3, -0.25) is 0 Å². The summed E-state index contributed by atoms with van der Waals surface area (Å²) in [6.07, 6.45) is 0. The summed E-state index contributed by atoms with van der Waals surface area (Å²) in [4.78, 5) is 9.41. The maximum absolute atomic E-state index is 5.49. The number of aromatic nitrogens is 2. The van der Waals surface area contributed by atoms with Crippen LogP contribution in [0.15, 0.2) is 66.7 Å².